The van der Waals surface area contributed by atoms with Gasteiger partial charge in [0.2, 0.25) is 0 Å². The van der Waals surface area contributed by atoms with Gasteiger partial charge in [-0.1, -0.05) is 36.4 Å². The minimum absolute atomic E-state index is 0.0107. The first-order chi connectivity index (χ1) is 13.5. The second-order valence-electron chi connectivity index (χ2n) is 6.45. The fourth-order valence-corrected chi connectivity index (χ4v) is 3.70. The van der Waals surface area contributed by atoms with Gasteiger partial charge in [0.15, 0.2) is 17.3 Å². The summed E-state index contributed by atoms with van der Waals surface area (Å²) in [5.74, 6) is -0.799. The molecule has 3 aromatic rings. The molecule has 1 heterocycles. The lowest BCUT2D eigenvalue weighted by Gasteiger charge is -2.29. The van der Waals surface area contributed by atoms with Gasteiger partial charge in [0.25, 0.3) is 0 Å². The van der Waals surface area contributed by atoms with Crippen molar-refractivity contribution >= 4 is 22.5 Å². The minimum Gasteiger partial charge on any atom is -0.545 e. The quantitative estimate of drug-likeness (QED) is 0.695. The molecule has 0 unspecified atom stereocenters. The van der Waals surface area contributed by atoms with Crippen LogP contribution in [0.2, 0.25) is 0 Å². The Morgan fingerprint density at radius 2 is 1.86 bits per heavy atom. The van der Waals surface area contributed by atoms with Crippen LogP contribution in [0.25, 0.3) is 10.8 Å². The Bertz CT molecular complexity index is 1100. The number of ether oxygens (including phenoxy) is 3. The maximum absolute atomic E-state index is 12.9. The van der Waals surface area contributed by atoms with E-state index in [1.54, 1.807) is 18.2 Å². The van der Waals surface area contributed by atoms with Crippen molar-refractivity contribution in [3.8, 4) is 17.2 Å². The molecule has 1 aliphatic rings. The first kappa shape index (κ1) is 17.9. The second kappa shape index (κ2) is 6.88. The Morgan fingerprint density at radius 1 is 1.07 bits per heavy atom. The van der Waals surface area contributed by atoms with Gasteiger partial charge in [0.05, 0.1) is 37.7 Å². The van der Waals surface area contributed by atoms with Crippen LogP contribution in [0.4, 0.5) is 0 Å². The zero-order valence-corrected chi connectivity index (χ0v) is 15.4. The first-order valence-electron chi connectivity index (χ1n) is 8.73. The highest BCUT2D eigenvalue weighted by atomic mass is 16.5. The SMILES string of the molecule is COc1ccc([C@@H]2CC(=O)c3c(ccc4ccccc34)O2)c(C(=O)[O-])c1OC. The molecule has 1 aliphatic heterocycles. The van der Waals surface area contributed by atoms with Gasteiger partial charge in [0.1, 0.15) is 11.9 Å². The van der Waals surface area contributed by atoms with Gasteiger partial charge < -0.3 is 24.1 Å². The number of ketones is 1. The third-order valence-electron chi connectivity index (χ3n) is 4.94. The molecule has 3 aromatic carbocycles. The molecule has 0 spiro atoms. The highest BCUT2D eigenvalue weighted by Gasteiger charge is 2.32. The summed E-state index contributed by atoms with van der Waals surface area (Å²) in [5.41, 5.74) is 0.651. The van der Waals surface area contributed by atoms with Crippen LogP contribution < -0.4 is 19.3 Å². The molecular weight excluding hydrogens is 360 g/mol. The number of carboxylic acids is 1. The van der Waals surface area contributed by atoms with Gasteiger partial charge in [-0.25, -0.2) is 0 Å². The average molecular weight is 377 g/mol. The number of carbonyl (C=O) groups is 2. The van der Waals surface area contributed by atoms with E-state index >= 15 is 0 Å². The lowest BCUT2D eigenvalue weighted by Crippen LogP contribution is -2.28. The Labute approximate surface area is 161 Å². The van der Waals surface area contributed by atoms with E-state index in [9.17, 15) is 14.7 Å². The number of rotatable bonds is 4. The van der Waals surface area contributed by atoms with E-state index in [0.717, 1.165) is 10.8 Å². The summed E-state index contributed by atoms with van der Waals surface area (Å²) < 4.78 is 16.5. The topological polar surface area (TPSA) is 84.9 Å². The summed E-state index contributed by atoms with van der Waals surface area (Å²) in [7, 11) is 2.76. The molecule has 28 heavy (non-hydrogen) atoms. The summed E-state index contributed by atoms with van der Waals surface area (Å²) in [4.78, 5) is 24.8. The Hall–Kier alpha value is -3.54. The van der Waals surface area contributed by atoms with Crippen molar-refractivity contribution < 1.29 is 28.9 Å². The molecule has 0 aromatic heterocycles. The molecule has 0 saturated heterocycles. The van der Waals surface area contributed by atoms with Gasteiger partial charge in [-0.2, -0.15) is 0 Å². The lowest BCUT2D eigenvalue weighted by molar-refractivity contribution is -0.255. The van der Waals surface area contributed by atoms with Crippen molar-refractivity contribution in [2.45, 2.75) is 12.5 Å². The maximum atomic E-state index is 12.9. The van der Waals surface area contributed by atoms with Gasteiger partial charge in [-0.15, -0.1) is 0 Å². The monoisotopic (exact) mass is 377 g/mol. The molecule has 0 aliphatic carbocycles. The number of Topliss-reactive ketones (excluding diaryl/α,β-unsaturated/α-hetero) is 1. The third kappa shape index (κ3) is 2.74. The van der Waals surface area contributed by atoms with Crippen LogP contribution in [0.5, 0.6) is 17.2 Å². The van der Waals surface area contributed by atoms with Crippen LogP contribution in [0.15, 0.2) is 48.5 Å². The molecule has 1 atom stereocenters. The average Bonchev–Trinajstić information content (AvgIpc) is 2.71. The van der Waals surface area contributed by atoms with Crippen molar-refractivity contribution in [3.63, 3.8) is 0 Å². The first-order valence-corrected chi connectivity index (χ1v) is 8.73. The molecule has 6 heteroatoms. The van der Waals surface area contributed by atoms with Crippen LogP contribution in [-0.4, -0.2) is 26.0 Å². The Morgan fingerprint density at radius 3 is 2.57 bits per heavy atom. The number of hydrogen-bond acceptors (Lipinski definition) is 6. The number of carbonyl (C=O) groups excluding carboxylic acids is 2. The van der Waals surface area contributed by atoms with Crippen LogP contribution >= 0.6 is 0 Å². The maximum Gasteiger partial charge on any atom is 0.171 e. The van der Waals surface area contributed by atoms with E-state index in [4.69, 9.17) is 14.2 Å². The molecule has 6 nitrogen and oxygen atoms in total. The van der Waals surface area contributed by atoms with Crippen LogP contribution in [-0.2, 0) is 0 Å². The Balaban J connectivity index is 1.84. The number of fused-ring (bicyclic) bond motifs is 3. The van der Waals surface area contributed by atoms with E-state index in [-0.39, 0.29) is 29.3 Å². The number of methoxy groups -OCH3 is 2. The minimum atomic E-state index is -1.42. The lowest BCUT2D eigenvalue weighted by atomic mass is 9.90. The van der Waals surface area contributed by atoms with E-state index < -0.39 is 12.1 Å². The molecule has 142 valence electrons. The summed E-state index contributed by atoms with van der Waals surface area (Å²) >= 11 is 0. The van der Waals surface area contributed by atoms with Gasteiger partial charge in [-0.3, -0.25) is 4.79 Å². The zero-order chi connectivity index (χ0) is 19.8. The van der Waals surface area contributed by atoms with E-state index in [0.29, 0.717) is 16.9 Å². The largest absolute Gasteiger partial charge is 0.545 e. The molecule has 0 N–H and O–H groups in total. The third-order valence-corrected chi connectivity index (χ3v) is 4.94. The van der Waals surface area contributed by atoms with Gasteiger partial charge in [0, 0.05) is 5.56 Å². The number of carboxylic acid groups (broad SMARTS) is 1. The summed E-state index contributed by atoms with van der Waals surface area (Å²) in [5, 5.41) is 13.6. The normalized spacial score (nSPS) is 15.6. The highest BCUT2D eigenvalue weighted by Crippen LogP contribution is 2.42. The fraction of sp³-hybridized carbons (Fsp3) is 0.182. The molecule has 4 rings (SSSR count). The van der Waals surface area contributed by atoms with Crippen molar-refractivity contribution in [2.75, 3.05) is 14.2 Å². The number of aromatic carboxylic acids is 1. The number of hydrogen-bond donors (Lipinski definition) is 0. The molecule has 0 fully saturated rings. The molecule has 0 radical (unpaired) electrons. The van der Waals surface area contributed by atoms with Crippen LogP contribution in [0, 0.1) is 0 Å². The molecule has 0 bridgehead atoms. The van der Waals surface area contributed by atoms with Gasteiger partial charge in [-0.05, 0) is 22.9 Å². The number of benzene rings is 3. The van der Waals surface area contributed by atoms with E-state index in [1.165, 1.54) is 14.2 Å². The highest BCUT2D eigenvalue weighted by molar-refractivity contribution is 6.11. The van der Waals surface area contributed by atoms with Crippen molar-refractivity contribution in [1.29, 1.82) is 0 Å². The van der Waals surface area contributed by atoms with Crippen molar-refractivity contribution in [3.05, 3.63) is 65.2 Å². The predicted octanol–water partition coefficient (Wildman–Crippen LogP) is 2.93. The molecule has 0 amide bonds. The van der Waals surface area contributed by atoms with Crippen molar-refractivity contribution in [2.24, 2.45) is 0 Å². The molecular formula is C22H17O6-. The van der Waals surface area contributed by atoms with Crippen LogP contribution in [0.1, 0.15) is 38.8 Å². The Kier molecular flexibility index (Phi) is 4.39. The predicted molar refractivity (Wildman–Crippen MR) is 100 cm³/mol. The standard InChI is InChI=1S/C22H18O6/c1-26-17-10-8-14(20(22(24)25)21(17)27-2)18-11-15(23)19-13-6-4-3-5-12(13)7-9-16(19)28-18/h3-10,18H,11H2,1-2H3,(H,24,25)/p-1/t18-/m0/s1. The molecule has 0 saturated carbocycles. The summed E-state index contributed by atoms with van der Waals surface area (Å²) in [6.45, 7) is 0. The van der Waals surface area contributed by atoms with E-state index in [2.05, 4.69) is 0 Å². The second-order valence-corrected chi connectivity index (χ2v) is 6.45. The fourth-order valence-electron chi connectivity index (χ4n) is 3.70. The van der Waals surface area contributed by atoms with Gasteiger partial charge >= 0.3 is 0 Å². The van der Waals surface area contributed by atoms with Crippen LogP contribution in [0.3, 0.4) is 0 Å². The van der Waals surface area contributed by atoms with Crippen molar-refractivity contribution in [1.82, 2.24) is 0 Å². The smallest absolute Gasteiger partial charge is 0.171 e. The van der Waals surface area contributed by atoms with E-state index in [1.807, 2.05) is 30.3 Å². The summed E-state index contributed by atoms with van der Waals surface area (Å²) in [6.07, 6.45) is -0.759. The summed E-state index contributed by atoms with van der Waals surface area (Å²) in [6, 6.07) is 14.3. The zero-order valence-electron chi connectivity index (χ0n) is 15.4.